The fourth-order valence-electron chi connectivity index (χ4n) is 3.39. The number of hydrogen-bond donors (Lipinski definition) is 1. The highest BCUT2D eigenvalue weighted by Gasteiger charge is 2.36. The van der Waals surface area contributed by atoms with Crippen molar-refractivity contribution in [3.05, 3.63) is 22.9 Å². The lowest BCUT2D eigenvalue weighted by molar-refractivity contribution is 0.112. The highest BCUT2D eigenvalue weighted by atomic mass is 16.1. The van der Waals surface area contributed by atoms with Crippen molar-refractivity contribution in [1.29, 1.82) is 0 Å². The van der Waals surface area contributed by atoms with E-state index in [9.17, 15) is 4.79 Å². The smallest absolute Gasteiger partial charge is 0.151 e. The van der Waals surface area contributed by atoms with Crippen molar-refractivity contribution in [3.63, 3.8) is 0 Å². The minimum atomic E-state index is 0.593. The molecule has 3 aliphatic carbocycles. The number of aromatic nitrogens is 1. The summed E-state index contributed by atoms with van der Waals surface area (Å²) in [4.78, 5) is 15.5. The first-order valence-electron chi connectivity index (χ1n) is 6.01. The third kappa shape index (κ3) is 1.20. The summed E-state index contributed by atoms with van der Waals surface area (Å²) in [6.07, 6.45) is 7.69. The van der Waals surface area contributed by atoms with Crippen LogP contribution in [0.3, 0.4) is 0 Å². The minimum absolute atomic E-state index is 0.593. The lowest BCUT2D eigenvalue weighted by Gasteiger charge is -2.39. The minimum Gasteiger partial charge on any atom is -0.373 e. The predicted molar refractivity (Wildman–Crippen MR) is 63.1 cm³/mol. The Morgan fingerprint density at radius 3 is 2.44 bits per heavy atom. The number of rotatable bonds is 2. The van der Waals surface area contributed by atoms with Gasteiger partial charge in [0.2, 0.25) is 0 Å². The second kappa shape index (κ2) is 3.58. The van der Waals surface area contributed by atoms with Crippen LogP contribution in [0.1, 0.15) is 59.0 Å². The van der Waals surface area contributed by atoms with Crippen LogP contribution >= 0.6 is 0 Å². The Bertz CT molecular complexity index is 434. The molecule has 16 heavy (non-hydrogen) atoms. The van der Waals surface area contributed by atoms with E-state index in [1.54, 1.807) is 6.20 Å². The molecule has 0 spiro atoms. The number of anilines is 1. The van der Waals surface area contributed by atoms with Gasteiger partial charge in [0.15, 0.2) is 6.29 Å². The number of pyridine rings is 1. The van der Waals surface area contributed by atoms with Gasteiger partial charge in [-0.05, 0) is 43.1 Å². The number of nitrogens with zero attached hydrogens (tertiary/aromatic N) is 1. The van der Waals surface area contributed by atoms with Crippen molar-refractivity contribution in [3.8, 4) is 0 Å². The summed E-state index contributed by atoms with van der Waals surface area (Å²) < 4.78 is 0. The van der Waals surface area contributed by atoms with E-state index in [0.29, 0.717) is 11.8 Å². The molecule has 1 fully saturated rings. The highest BCUT2D eigenvalue weighted by molar-refractivity contribution is 5.80. The van der Waals surface area contributed by atoms with Crippen LogP contribution in [-0.4, -0.2) is 18.3 Å². The quantitative estimate of drug-likeness (QED) is 0.773. The Morgan fingerprint density at radius 1 is 1.25 bits per heavy atom. The maximum atomic E-state index is 11.1. The summed E-state index contributed by atoms with van der Waals surface area (Å²) in [7, 11) is 1.91. The Hall–Kier alpha value is -1.38. The molecule has 2 bridgehead atoms. The predicted octanol–water partition coefficient (Wildman–Crippen LogP) is 2.69. The van der Waals surface area contributed by atoms with Gasteiger partial charge in [0.25, 0.3) is 0 Å². The largest absolute Gasteiger partial charge is 0.373 e. The molecule has 0 aromatic carbocycles. The van der Waals surface area contributed by atoms with Gasteiger partial charge < -0.3 is 5.32 Å². The van der Waals surface area contributed by atoms with Crippen LogP contribution in [0.15, 0.2) is 6.20 Å². The van der Waals surface area contributed by atoms with Gasteiger partial charge in [0.05, 0.1) is 0 Å². The zero-order valence-corrected chi connectivity index (χ0v) is 9.49. The maximum Gasteiger partial charge on any atom is 0.151 e. The summed E-state index contributed by atoms with van der Waals surface area (Å²) >= 11 is 0. The number of carbonyl (C=O) groups excluding carboxylic acids is 1. The van der Waals surface area contributed by atoms with E-state index in [4.69, 9.17) is 0 Å². The first-order valence-corrected chi connectivity index (χ1v) is 6.01. The van der Waals surface area contributed by atoms with Crippen LogP contribution in [0.25, 0.3) is 0 Å². The highest BCUT2D eigenvalue weighted by Crippen LogP contribution is 2.51. The summed E-state index contributed by atoms with van der Waals surface area (Å²) in [6.45, 7) is 0. The van der Waals surface area contributed by atoms with Gasteiger partial charge in [-0.1, -0.05) is 0 Å². The summed E-state index contributed by atoms with van der Waals surface area (Å²) in [5, 5.41) is 3.16. The lowest BCUT2D eigenvalue weighted by Crippen LogP contribution is -2.25. The van der Waals surface area contributed by atoms with E-state index in [0.717, 1.165) is 17.7 Å². The van der Waals surface area contributed by atoms with Crippen molar-refractivity contribution in [2.24, 2.45) is 0 Å². The molecule has 3 nitrogen and oxygen atoms in total. The van der Waals surface area contributed by atoms with Crippen molar-refractivity contribution < 1.29 is 4.79 Å². The zero-order chi connectivity index (χ0) is 11.1. The van der Waals surface area contributed by atoms with Gasteiger partial charge in [0.1, 0.15) is 5.82 Å². The lowest BCUT2D eigenvalue weighted by atomic mass is 9.66. The first kappa shape index (κ1) is 9.82. The molecule has 3 heteroatoms. The van der Waals surface area contributed by atoms with E-state index in [-0.39, 0.29) is 0 Å². The average molecular weight is 216 g/mol. The SMILES string of the molecule is CNc1ncc(C=O)c2c1C1CCC2CC1. The summed E-state index contributed by atoms with van der Waals surface area (Å²) in [5.74, 6) is 2.19. The maximum absolute atomic E-state index is 11.1. The third-order valence-electron chi connectivity index (χ3n) is 4.10. The molecule has 3 aliphatic rings. The van der Waals surface area contributed by atoms with E-state index in [1.807, 2.05) is 7.05 Å². The Morgan fingerprint density at radius 2 is 1.88 bits per heavy atom. The Balaban J connectivity index is 2.25. The monoisotopic (exact) mass is 216 g/mol. The van der Waals surface area contributed by atoms with E-state index in [1.165, 1.54) is 36.8 Å². The molecule has 1 aromatic heterocycles. The molecule has 0 saturated heterocycles. The average Bonchev–Trinajstić information content (AvgIpc) is 2.38. The normalized spacial score (nSPS) is 26.3. The van der Waals surface area contributed by atoms with Gasteiger partial charge in [-0.15, -0.1) is 0 Å². The van der Waals surface area contributed by atoms with Crippen LogP contribution in [0.4, 0.5) is 5.82 Å². The molecule has 1 N–H and O–H groups in total. The topological polar surface area (TPSA) is 42.0 Å². The van der Waals surface area contributed by atoms with E-state index >= 15 is 0 Å². The van der Waals surface area contributed by atoms with Crippen LogP contribution < -0.4 is 5.32 Å². The van der Waals surface area contributed by atoms with E-state index in [2.05, 4.69) is 10.3 Å². The number of fused-ring (bicyclic) bond motifs is 2. The standard InChI is InChI=1S/C13H16N2O/c1-14-13-12-9-4-2-8(3-5-9)11(12)10(7-16)6-15-13/h6-9H,2-5H2,1H3,(H,14,15). The zero-order valence-electron chi connectivity index (χ0n) is 9.49. The fourth-order valence-corrected chi connectivity index (χ4v) is 3.39. The van der Waals surface area contributed by atoms with Crippen molar-refractivity contribution >= 4 is 12.1 Å². The van der Waals surface area contributed by atoms with Gasteiger partial charge in [-0.2, -0.15) is 0 Å². The van der Waals surface area contributed by atoms with Gasteiger partial charge in [-0.3, -0.25) is 4.79 Å². The number of carbonyl (C=O) groups is 1. The summed E-state index contributed by atoms with van der Waals surface area (Å²) in [6, 6.07) is 0. The van der Waals surface area contributed by atoms with Gasteiger partial charge in [-0.25, -0.2) is 4.98 Å². The molecule has 84 valence electrons. The molecular weight excluding hydrogens is 200 g/mol. The first-order chi connectivity index (χ1) is 7.85. The van der Waals surface area contributed by atoms with Crippen LogP contribution in [0.2, 0.25) is 0 Å². The molecule has 1 saturated carbocycles. The van der Waals surface area contributed by atoms with Crippen molar-refractivity contribution in [2.45, 2.75) is 37.5 Å². The fraction of sp³-hybridized carbons (Fsp3) is 0.538. The second-order valence-electron chi connectivity index (χ2n) is 4.81. The Kier molecular flexibility index (Phi) is 2.20. The van der Waals surface area contributed by atoms with Gasteiger partial charge in [0, 0.05) is 24.4 Å². The molecule has 0 radical (unpaired) electrons. The molecular formula is C13H16N2O. The molecule has 4 rings (SSSR count). The molecule has 0 unspecified atom stereocenters. The molecule has 0 aliphatic heterocycles. The van der Waals surface area contributed by atoms with Crippen molar-refractivity contribution in [2.75, 3.05) is 12.4 Å². The Labute approximate surface area is 95.3 Å². The van der Waals surface area contributed by atoms with Crippen LogP contribution in [-0.2, 0) is 0 Å². The molecule has 1 aromatic rings. The van der Waals surface area contributed by atoms with Crippen LogP contribution in [0.5, 0.6) is 0 Å². The van der Waals surface area contributed by atoms with Gasteiger partial charge >= 0.3 is 0 Å². The third-order valence-corrected chi connectivity index (χ3v) is 4.10. The molecule has 0 amide bonds. The second-order valence-corrected chi connectivity index (χ2v) is 4.81. The molecule has 0 atom stereocenters. The van der Waals surface area contributed by atoms with Crippen LogP contribution in [0, 0.1) is 0 Å². The number of hydrogen-bond acceptors (Lipinski definition) is 3. The number of aldehydes is 1. The number of nitrogens with one attached hydrogen (secondary N) is 1. The van der Waals surface area contributed by atoms with E-state index < -0.39 is 0 Å². The van der Waals surface area contributed by atoms with Crippen molar-refractivity contribution in [1.82, 2.24) is 4.98 Å². The summed E-state index contributed by atoms with van der Waals surface area (Å²) in [5.41, 5.74) is 3.43. The molecule has 1 heterocycles.